The van der Waals surface area contributed by atoms with E-state index in [2.05, 4.69) is 10.1 Å². The number of rotatable bonds is 5. The monoisotopic (exact) mass is 357 g/mol. The van der Waals surface area contributed by atoms with Crippen LogP contribution in [0.3, 0.4) is 0 Å². The largest absolute Gasteiger partial charge is 0.290 e. The van der Waals surface area contributed by atoms with Gasteiger partial charge in [0.15, 0.2) is 0 Å². The van der Waals surface area contributed by atoms with Crippen molar-refractivity contribution in [2.24, 2.45) is 0 Å². The van der Waals surface area contributed by atoms with E-state index in [0.717, 1.165) is 12.0 Å². The summed E-state index contributed by atoms with van der Waals surface area (Å²) in [5.74, 6) is 0.124. The summed E-state index contributed by atoms with van der Waals surface area (Å²) in [6.45, 7) is 2.43. The zero-order valence-corrected chi connectivity index (χ0v) is 14.7. The predicted octanol–water partition coefficient (Wildman–Crippen LogP) is 4.36. The van der Waals surface area contributed by atoms with Crippen molar-refractivity contribution >= 4 is 5.78 Å². The number of benzene rings is 1. The van der Waals surface area contributed by atoms with Gasteiger partial charge in [-0.05, 0) is 30.9 Å². The first-order chi connectivity index (χ1) is 12.5. The first-order valence-electron chi connectivity index (χ1n) is 9.08. The Hall–Kier alpha value is -2.37. The zero-order valence-electron chi connectivity index (χ0n) is 14.7. The van der Waals surface area contributed by atoms with Crippen molar-refractivity contribution in [3.63, 3.8) is 0 Å². The highest BCUT2D eigenvalue weighted by Gasteiger charge is 2.35. The number of hydrogen-bond donors (Lipinski definition) is 0. The summed E-state index contributed by atoms with van der Waals surface area (Å²) in [5, 5.41) is 4.31. The van der Waals surface area contributed by atoms with Gasteiger partial charge in [0, 0.05) is 25.3 Å². The Balaban J connectivity index is 1.52. The summed E-state index contributed by atoms with van der Waals surface area (Å²) >= 11 is 0. The van der Waals surface area contributed by atoms with Crippen molar-refractivity contribution in [3.8, 4) is 0 Å². The molecule has 0 spiro atoms. The van der Waals surface area contributed by atoms with E-state index < -0.39 is 5.67 Å². The van der Waals surface area contributed by atoms with Crippen LogP contribution in [0.2, 0.25) is 0 Å². The molecule has 0 saturated heterocycles. The third-order valence-electron chi connectivity index (χ3n) is 5.49. The summed E-state index contributed by atoms with van der Waals surface area (Å²) in [5.41, 5.74) is 0.191. The Morgan fingerprint density at radius 2 is 2.19 bits per heavy atom. The quantitative estimate of drug-likeness (QED) is 0.590. The second-order valence-corrected chi connectivity index (χ2v) is 7.23. The van der Waals surface area contributed by atoms with Gasteiger partial charge in [0.2, 0.25) is 11.6 Å². The number of hydrogen-bond acceptors (Lipinski definition) is 3. The fourth-order valence-corrected chi connectivity index (χ4v) is 3.90. The number of alkyl halides is 1. The van der Waals surface area contributed by atoms with Crippen molar-refractivity contribution in [1.82, 2.24) is 14.8 Å². The van der Waals surface area contributed by atoms with Crippen LogP contribution in [0.15, 0.2) is 35.9 Å². The molecule has 0 bridgehead atoms. The average Bonchev–Trinajstić information content (AvgIpc) is 3.30. The van der Waals surface area contributed by atoms with Crippen LogP contribution in [0.4, 0.5) is 8.78 Å². The average molecular weight is 357 g/mol. The molecule has 1 aliphatic carbocycles. The molecule has 2 aromatic rings. The molecule has 0 saturated carbocycles. The highest BCUT2D eigenvalue weighted by atomic mass is 19.1. The van der Waals surface area contributed by atoms with E-state index in [-0.39, 0.29) is 29.8 Å². The van der Waals surface area contributed by atoms with Crippen molar-refractivity contribution in [3.05, 3.63) is 58.9 Å². The summed E-state index contributed by atoms with van der Waals surface area (Å²) in [7, 11) is 0. The summed E-state index contributed by atoms with van der Waals surface area (Å²) < 4.78 is 30.1. The molecule has 2 aliphatic rings. The lowest BCUT2D eigenvalue weighted by molar-refractivity contribution is 0.0979. The molecule has 4 rings (SSSR count). The maximum absolute atomic E-state index is 14.3. The predicted molar refractivity (Wildman–Crippen MR) is 93.3 cm³/mol. The van der Waals surface area contributed by atoms with Crippen LogP contribution in [-0.4, -0.2) is 26.2 Å². The molecule has 1 aliphatic heterocycles. The van der Waals surface area contributed by atoms with Crippen LogP contribution in [0.25, 0.3) is 0 Å². The molecule has 2 unspecified atom stereocenters. The maximum atomic E-state index is 14.3. The number of aromatic nitrogens is 3. The van der Waals surface area contributed by atoms with Crippen LogP contribution in [0.1, 0.15) is 67.0 Å². The Kier molecular flexibility index (Phi) is 4.21. The third-order valence-corrected chi connectivity index (χ3v) is 5.49. The number of aryl methyl sites for hydroxylation is 1. The van der Waals surface area contributed by atoms with Gasteiger partial charge in [0.05, 0.1) is 0 Å². The molecule has 2 atom stereocenters. The van der Waals surface area contributed by atoms with Crippen LogP contribution in [-0.2, 0) is 6.54 Å². The van der Waals surface area contributed by atoms with E-state index in [1.165, 1.54) is 6.07 Å². The number of allylic oxidation sites excluding steroid dienone is 2. The van der Waals surface area contributed by atoms with E-state index in [0.29, 0.717) is 37.2 Å². The molecular weight excluding hydrogens is 336 g/mol. The molecule has 6 heteroatoms. The van der Waals surface area contributed by atoms with E-state index in [1.54, 1.807) is 22.9 Å². The maximum Gasteiger partial charge on any atom is 0.217 e. The number of fused-ring (bicyclic) bond motifs is 1. The highest BCUT2D eigenvalue weighted by molar-refractivity contribution is 5.94. The minimum absolute atomic E-state index is 0.148. The fraction of sp³-hybridized carbons (Fsp3) is 0.450. The molecule has 0 amide bonds. The molecule has 1 aromatic heterocycles. The van der Waals surface area contributed by atoms with Gasteiger partial charge >= 0.3 is 0 Å². The van der Waals surface area contributed by atoms with Gasteiger partial charge in [-0.3, -0.25) is 4.79 Å². The second-order valence-electron chi connectivity index (χ2n) is 7.23. The molecule has 4 nitrogen and oxygen atoms in total. The van der Waals surface area contributed by atoms with Gasteiger partial charge in [0.1, 0.15) is 17.3 Å². The molecule has 1 aromatic carbocycles. The van der Waals surface area contributed by atoms with E-state index >= 15 is 0 Å². The Morgan fingerprint density at radius 3 is 2.92 bits per heavy atom. The smallest absolute Gasteiger partial charge is 0.217 e. The highest BCUT2D eigenvalue weighted by Crippen LogP contribution is 2.38. The number of nitrogens with zero attached hydrogens (tertiary/aromatic N) is 3. The second kappa shape index (κ2) is 6.41. The van der Waals surface area contributed by atoms with Crippen LogP contribution in [0.5, 0.6) is 0 Å². The first-order valence-corrected chi connectivity index (χ1v) is 9.08. The Morgan fingerprint density at radius 1 is 1.38 bits per heavy atom. The lowest BCUT2D eigenvalue weighted by Gasteiger charge is -2.16. The van der Waals surface area contributed by atoms with Crippen molar-refractivity contribution in [2.75, 3.05) is 0 Å². The number of ketones is 1. The molecule has 0 fully saturated rings. The van der Waals surface area contributed by atoms with Gasteiger partial charge in [-0.1, -0.05) is 36.8 Å². The number of carbonyl (C=O) groups excluding carboxylic acids is 1. The van der Waals surface area contributed by atoms with Crippen LogP contribution < -0.4 is 0 Å². The Labute approximate surface area is 150 Å². The molecule has 26 heavy (non-hydrogen) atoms. The van der Waals surface area contributed by atoms with E-state index in [9.17, 15) is 13.6 Å². The van der Waals surface area contributed by atoms with Gasteiger partial charge < -0.3 is 0 Å². The fourth-order valence-electron chi connectivity index (χ4n) is 3.90. The standard InChI is InChI=1S/C20H21F2N3O/c1-2-20(22)9-7-13(12-20)11-17(26)18-23-19-15(8-10-25(19)24-18)14-5-3-4-6-16(14)21/h3-7,15H,2,8-12H2,1H3. The van der Waals surface area contributed by atoms with E-state index in [1.807, 2.05) is 13.0 Å². The minimum Gasteiger partial charge on any atom is -0.290 e. The number of halogens is 2. The van der Waals surface area contributed by atoms with Gasteiger partial charge in [0.25, 0.3) is 0 Å². The third kappa shape index (κ3) is 2.97. The summed E-state index contributed by atoms with van der Waals surface area (Å²) in [6, 6.07) is 6.64. The summed E-state index contributed by atoms with van der Waals surface area (Å²) in [4.78, 5) is 16.9. The number of carbonyl (C=O) groups is 1. The first kappa shape index (κ1) is 17.1. The summed E-state index contributed by atoms with van der Waals surface area (Å²) in [6.07, 6.45) is 3.82. The molecule has 0 radical (unpaired) electrons. The van der Waals surface area contributed by atoms with Gasteiger partial charge in [-0.2, -0.15) is 0 Å². The van der Waals surface area contributed by atoms with Crippen molar-refractivity contribution in [1.29, 1.82) is 0 Å². The van der Waals surface area contributed by atoms with E-state index in [4.69, 9.17) is 0 Å². The van der Waals surface area contributed by atoms with Crippen molar-refractivity contribution < 1.29 is 13.6 Å². The van der Waals surface area contributed by atoms with Crippen LogP contribution in [0, 0.1) is 5.82 Å². The lowest BCUT2D eigenvalue weighted by atomic mass is 9.96. The number of Topliss-reactive ketones (excluding diaryl/α,β-unsaturated/α-hetero) is 1. The topological polar surface area (TPSA) is 47.8 Å². The van der Waals surface area contributed by atoms with Gasteiger partial charge in [-0.15, -0.1) is 5.10 Å². The Bertz CT molecular complexity index is 889. The molecular formula is C20H21F2N3O. The lowest BCUT2D eigenvalue weighted by Crippen LogP contribution is -2.17. The normalized spacial score (nSPS) is 24.6. The van der Waals surface area contributed by atoms with Gasteiger partial charge in [-0.25, -0.2) is 18.4 Å². The van der Waals surface area contributed by atoms with Crippen LogP contribution >= 0.6 is 0 Å². The minimum atomic E-state index is -1.21. The molecule has 0 N–H and O–H groups in total. The molecule has 2 heterocycles. The zero-order chi connectivity index (χ0) is 18.3. The molecule has 136 valence electrons. The van der Waals surface area contributed by atoms with Crippen molar-refractivity contribution in [2.45, 2.75) is 57.2 Å². The SMILES string of the molecule is CCC1(F)CC=C(CC(=O)c2nc3n(n2)CCC3c2ccccc2F)C1.